The Labute approximate surface area is 300 Å². The van der Waals surface area contributed by atoms with E-state index in [1.165, 1.54) is 18.6 Å². The first kappa shape index (κ1) is 35.6. The number of piperidine rings is 1. The highest BCUT2D eigenvalue weighted by molar-refractivity contribution is 6.07. The molecule has 0 bridgehead atoms. The zero-order valence-electron chi connectivity index (χ0n) is 29.1. The fourth-order valence-electron chi connectivity index (χ4n) is 6.40. The number of nitrogens with one attached hydrogen (secondary N) is 1. The van der Waals surface area contributed by atoms with Crippen molar-refractivity contribution in [1.29, 1.82) is 0 Å². The number of rotatable bonds is 9. The lowest BCUT2D eigenvalue weighted by Gasteiger charge is -2.26. The minimum absolute atomic E-state index is 0.00464. The van der Waals surface area contributed by atoms with Gasteiger partial charge >= 0.3 is 0 Å². The quantitative estimate of drug-likeness (QED) is 0.196. The van der Waals surface area contributed by atoms with Gasteiger partial charge in [-0.1, -0.05) is 42.5 Å². The van der Waals surface area contributed by atoms with Crippen molar-refractivity contribution in [2.45, 2.75) is 38.6 Å². The number of carbonyl (C=O) groups excluding carboxylic acids is 4. The smallest absolute Gasteiger partial charge is 0.253 e. The zero-order chi connectivity index (χ0) is 36.8. The number of benzene rings is 2. The van der Waals surface area contributed by atoms with E-state index < -0.39 is 5.91 Å². The van der Waals surface area contributed by atoms with Crippen LogP contribution in [-0.4, -0.2) is 60.6 Å². The molecule has 7 rings (SSSR count). The van der Waals surface area contributed by atoms with Crippen molar-refractivity contribution in [3.8, 4) is 0 Å². The zero-order valence-corrected chi connectivity index (χ0v) is 29.1. The number of aromatic nitrogens is 4. The number of aryl methyl sites for hydroxylation is 2. The topological polar surface area (TPSA) is 145 Å². The molecule has 2 aromatic carbocycles. The van der Waals surface area contributed by atoms with Gasteiger partial charge in [-0.2, -0.15) is 0 Å². The van der Waals surface area contributed by atoms with Crippen molar-refractivity contribution < 1.29 is 23.6 Å². The number of halogens is 1. The molecule has 11 nitrogen and oxygen atoms in total. The van der Waals surface area contributed by atoms with Gasteiger partial charge in [0, 0.05) is 81.3 Å². The van der Waals surface area contributed by atoms with Crippen LogP contribution in [0.25, 0.3) is 22.1 Å². The number of carbonyl (C=O) groups is 4. The van der Waals surface area contributed by atoms with Crippen molar-refractivity contribution in [1.82, 2.24) is 29.3 Å². The van der Waals surface area contributed by atoms with E-state index in [0.717, 1.165) is 42.6 Å². The van der Waals surface area contributed by atoms with Crippen molar-refractivity contribution >= 4 is 45.6 Å². The molecule has 12 heteroatoms. The summed E-state index contributed by atoms with van der Waals surface area (Å²) < 4.78 is 16.6. The number of amides is 3. The number of primary amides is 1. The Kier molecular flexibility index (Phi) is 10.8. The highest BCUT2D eigenvalue weighted by atomic mass is 19.1. The maximum atomic E-state index is 13.0. The number of nitrogens with zero attached hydrogens (tertiary/aromatic N) is 5. The molecule has 0 aliphatic carbocycles. The Morgan fingerprint density at radius 1 is 0.750 bits per heavy atom. The Hall–Kier alpha value is -6.17. The van der Waals surface area contributed by atoms with Gasteiger partial charge in [0.15, 0.2) is 5.78 Å². The normalized spacial score (nSPS) is 12.7. The second kappa shape index (κ2) is 15.8. The van der Waals surface area contributed by atoms with Crippen LogP contribution in [0.1, 0.15) is 67.0 Å². The van der Waals surface area contributed by atoms with Gasteiger partial charge < -0.3 is 25.1 Å². The summed E-state index contributed by atoms with van der Waals surface area (Å²) >= 11 is 0. The SMILES string of the molecule is Cn1cc(C(=O)NCc2ccc(F)cc2)c2cc(CC(=O)c3ccccc3)cnc21.Cn1cc(C(N)=O)c2cc(CC(=O)N3CCCCC3)cnc21. The summed E-state index contributed by atoms with van der Waals surface area (Å²) in [6, 6.07) is 18.8. The molecule has 1 fully saturated rings. The van der Waals surface area contributed by atoms with Crippen LogP contribution in [0.4, 0.5) is 4.39 Å². The molecule has 1 aliphatic heterocycles. The molecule has 0 saturated carbocycles. The van der Waals surface area contributed by atoms with Gasteiger partial charge in [0.2, 0.25) is 5.91 Å². The second-order valence-corrected chi connectivity index (χ2v) is 13.0. The third kappa shape index (κ3) is 8.23. The summed E-state index contributed by atoms with van der Waals surface area (Å²) in [7, 11) is 3.64. The van der Waals surface area contributed by atoms with Crippen molar-refractivity contribution in [3.63, 3.8) is 0 Å². The fourth-order valence-corrected chi connectivity index (χ4v) is 6.40. The average Bonchev–Trinajstić information content (AvgIpc) is 3.67. The molecule has 4 aromatic heterocycles. The first-order valence-electron chi connectivity index (χ1n) is 17.1. The van der Waals surface area contributed by atoms with Crippen LogP contribution in [0.15, 0.2) is 91.5 Å². The number of hydrogen-bond donors (Lipinski definition) is 2. The monoisotopic (exact) mass is 701 g/mol. The van der Waals surface area contributed by atoms with E-state index in [0.29, 0.717) is 45.2 Å². The third-order valence-corrected chi connectivity index (χ3v) is 9.14. The van der Waals surface area contributed by atoms with E-state index in [1.807, 2.05) is 49.3 Å². The molecule has 1 aliphatic rings. The van der Waals surface area contributed by atoms with E-state index >= 15 is 0 Å². The number of likely N-dealkylation sites (tertiary alicyclic amines) is 1. The molecule has 52 heavy (non-hydrogen) atoms. The lowest BCUT2D eigenvalue weighted by atomic mass is 10.0. The van der Waals surface area contributed by atoms with Gasteiger partial charge in [0.25, 0.3) is 11.8 Å². The van der Waals surface area contributed by atoms with Crippen LogP contribution in [0.2, 0.25) is 0 Å². The number of pyridine rings is 2. The van der Waals surface area contributed by atoms with E-state index in [-0.39, 0.29) is 36.4 Å². The van der Waals surface area contributed by atoms with Crippen molar-refractivity contribution in [2.24, 2.45) is 19.8 Å². The molecular formula is C40H40FN7O4. The average molecular weight is 702 g/mol. The predicted molar refractivity (Wildman–Crippen MR) is 196 cm³/mol. The Morgan fingerprint density at radius 3 is 1.94 bits per heavy atom. The second-order valence-electron chi connectivity index (χ2n) is 13.0. The van der Waals surface area contributed by atoms with E-state index in [2.05, 4.69) is 15.3 Å². The number of ketones is 1. The lowest BCUT2D eigenvalue weighted by molar-refractivity contribution is -0.131. The third-order valence-electron chi connectivity index (χ3n) is 9.14. The first-order valence-corrected chi connectivity index (χ1v) is 17.1. The maximum Gasteiger partial charge on any atom is 0.253 e. The minimum Gasteiger partial charge on any atom is -0.366 e. The number of Topliss-reactive ketones (excluding diaryl/α,β-unsaturated/α-hetero) is 1. The highest BCUT2D eigenvalue weighted by Gasteiger charge is 2.19. The van der Waals surface area contributed by atoms with Crippen LogP contribution in [-0.2, 0) is 38.3 Å². The molecule has 0 atom stereocenters. The summed E-state index contributed by atoms with van der Waals surface area (Å²) in [5, 5.41) is 4.25. The molecule has 266 valence electrons. The summed E-state index contributed by atoms with van der Waals surface area (Å²) in [5.41, 5.74) is 10.7. The molecule has 3 N–H and O–H groups in total. The number of nitrogens with two attached hydrogens (primary N) is 1. The lowest BCUT2D eigenvalue weighted by Crippen LogP contribution is -2.36. The maximum absolute atomic E-state index is 13.0. The van der Waals surface area contributed by atoms with Crippen LogP contribution in [0.3, 0.4) is 0 Å². The van der Waals surface area contributed by atoms with Gasteiger partial charge in [-0.05, 0) is 60.2 Å². The molecule has 0 radical (unpaired) electrons. The van der Waals surface area contributed by atoms with E-state index in [1.54, 1.807) is 58.2 Å². The predicted octanol–water partition coefficient (Wildman–Crippen LogP) is 5.30. The van der Waals surface area contributed by atoms with Gasteiger partial charge in [-0.3, -0.25) is 19.2 Å². The highest BCUT2D eigenvalue weighted by Crippen LogP contribution is 2.22. The van der Waals surface area contributed by atoms with Gasteiger partial charge in [0.05, 0.1) is 17.5 Å². The summed E-state index contributed by atoms with van der Waals surface area (Å²) in [4.78, 5) is 59.9. The summed E-state index contributed by atoms with van der Waals surface area (Å²) in [6.07, 6.45) is 10.6. The molecule has 1 saturated heterocycles. The first-order chi connectivity index (χ1) is 25.1. The molecular weight excluding hydrogens is 661 g/mol. The Bertz CT molecular complexity index is 2260. The Morgan fingerprint density at radius 2 is 1.33 bits per heavy atom. The van der Waals surface area contributed by atoms with E-state index in [9.17, 15) is 23.6 Å². The van der Waals surface area contributed by atoms with Crippen LogP contribution in [0, 0.1) is 5.82 Å². The molecule has 3 amide bonds. The van der Waals surface area contributed by atoms with E-state index in [4.69, 9.17) is 5.73 Å². The van der Waals surface area contributed by atoms with Crippen LogP contribution >= 0.6 is 0 Å². The molecule has 5 heterocycles. The standard InChI is InChI=1S/C24H20FN3O2.C16H20N4O2/c1-28-15-21(24(30)27-13-16-7-9-19(25)10-8-16)20-11-17(14-26-23(20)28)12-22(29)18-5-3-2-4-6-18;1-19-10-13(15(17)22)12-7-11(9-18-16(12)19)8-14(21)20-5-3-2-4-6-20/h2-11,14-15H,12-13H2,1H3,(H,27,30);7,9-10H,2-6,8H2,1H3,(H2,17,22). The minimum atomic E-state index is -0.480. The van der Waals surface area contributed by atoms with Crippen LogP contribution in [0.5, 0.6) is 0 Å². The summed E-state index contributed by atoms with van der Waals surface area (Å²) in [5.74, 6) is -0.930. The van der Waals surface area contributed by atoms with Gasteiger partial charge in [0.1, 0.15) is 17.1 Å². The van der Waals surface area contributed by atoms with Crippen molar-refractivity contribution in [3.05, 3.63) is 131 Å². The molecule has 6 aromatic rings. The van der Waals surface area contributed by atoms with Gasteiger partial charge in [-0.15, -0.1) is 0 Å². The molecule has 0 spiro atoms. The number of hydrogen-bond acceptors (Lipinski definition) is 6. The number of fused-ring (bicyclic) bond motifs is 2. The fraction of sp³-hybridized carbons (Fsp3) is 0.250. The van der Waals surface area contributed by atoms with Gasteiger partial charge in [-0.25, -0.2) is 14.4 Å². The Balaban J connectivity index is 0.000000187. The largest absolute Gasteiger partial charge is 0.366 e. The summed E-state index contributed by atoms with van der Waals surface area (Å²) in [6.45, 7) is 1.97. The molecule has 0 unspecified atom stereocenters. The van der Waals surface area contributed by atoms with Crippen LogP contribution < -0.4 is 11.1 Å². The van der Waals surface area contributed by atoms with Crippen molar-refractivity contribution in [2.75, 3.05) is 13.1 Å².